The lowest BCUT2D eigenvalue weighted by Crippen LogP contribution is -1.79. The Morgan fingerprint density at radius 3 is 2.65 bits per heavy atom. The highest BCUT2D eigenvalue weighted by Crippen LogP contribution is 2.17. The van der Waals surface area contributed by atoms with Crippen LogP contribution < -0.4 is 3.53 Å². The summed E-state index contributed by atoms with van der Waals surface area (Å²) in [5.41, 5.74) is 1.26. The van der Waals surface area contributed by atoms with E-state index in [1.165, 1.54) is 19.8 Å². The van der Waals surface area contributed by atoms with E-state index in [9.17, 15) is 0 Å². The molecular weight excluding hydrogens is 321 g/mol. The maximum absolute atomic E-state index is 3.28. The second-order valence-electron chi connectivity index (χ2n) is 3.86. The summed E-state index contributed by atoms with van der Waals surface area (Å²) in [5, 5.41) is 2.60. The molecule has 0 amide bonds. The van der Waals surface area contributed by atoms with Gasteiger partial charge in [-0.1, -0.05) is 42.5 Å². The number of hydrogen-bond donors (Lipinski definition) is 1. The average Bonchev–Trinajstić information content (AvgIpc) is 2.89. The first kappa shape index (κ1) is 10.7. The Morgan fingerprint density at radius 2 is 1.82 bits per heavy atom. The number of benzene rings is 2. The molecule has 1 aliphatic rings. The van der Waals surface area contributed by atoms with Crippen molar-refractivity contribution in [3.63, 3.8) is 0 Å². The van der Waals surface area contributed by atoms with Gasteiger partial charge in [-0.2, -0.15) is 0 Å². The number of nitrogens with one attached hydrogen (secondary N) is 1. The van der Waals surface area contributed by atoms with Crippen LogP contribution in [-0.2, 0) is 0 Å². The van der Waals surface area contributed by atoms with Crippen LogP contribution in [0.15, 0.2) is 60.8 Å². The number of fused-ring (bicyclic) bond motifs is 1. The highest BCUT2D eigenvalue weighted by Gasteiger charge is 1.95. The molecule has 0 atom stereocenters. The van der Waals surface area contributed by atoms with Gasteiger partial charge in [0, 0.05) is 30.7 Å². The van der Waals surface area contributed by atoms with Crippen molar-refractivity contribution in [2.75, 3.05) is 0 Å². The Bertz CT molecular complexity index is 638. The maximum Gasteiger partial charge on any atom is 0.0251 e. The van der Waals surface area contributed by atoms with E-state index in [0.717, 1.165) is 0 Å². The van der Waals surface area contributed by atoms with Gasteiger partial charge in [-0.15, -0.1) is 0 Å². The molecule has 2 aromatic carbocycles. The molecule has 1 nitrogen and oxygen atoms in total. The van der Waals surface area contributed by atoms with E-state index in [4.69, 9.17) is 0 Å². The van der Waals surface area contributed by atoms with Gasteiger partial charge in [-0.3, -0.25) is 0 Å². The molecule has 17 heavy (non-hydrogen) atoms. The van der Waals surface area contributed by atoms with Crippen LogP contribution in [0, 0.1) is 0 Å². The van der Waals surface area contributed by atoms with Crippen molar-refractivity contribution in [1.29, 1.82) is 0 Å². The van der Waals surface area contributed by atoms with Gasteiger partial charge in [0.1, 0.15) is 0 Å². The molecule has 1 heterocycles. The van der Waals surface area contributed by atoms with Crippen molar-refractivity contribution < 1.29 is 0 Å². The minimum Gasteiger partial charge on any atom is -0.340 e. The molecule has 0 radical (unpaired) electrons. The molecule has 0 fully saturated rings. The summed E-state index contributed by atoms with van der Waals surface area (Å²) >= 11 is 0.0114. The zero-order chi connectivity index (χ0) is 11.5. The summed E-state index contributed by atoms with van der Waals surface area (Å²) in [5.74, 6) is 0. The van der Waals surface area contributed by atoms with Crippen molar-refractivity contribution in [3.05, 3.63) is 66.4 Å². The van der Waals surface area contributed by atoms with Crippen molar-refractivity contribution in [3.8, 4) is 0 Å². The SMILES string of the molecule is C1=CC(/C=C/c2ccc3ccccc3c2)=IN1. The summed E-state index contributed by atoms with van der Waals surface area (Å²) in [6.07, 6.45) is 8.60. The third kappa shape index (κ3) is 2.47. The summed E-state index contributed by atoms with van der Waals surface area (Å²) in [4.78, 5) is 0. The van der Waals surface area contributed by atoms with Crippen LogP contribution in [0.3, 0.4) is 0 Å². The zero-order valence-electron chi connectivity index (χ0n) is 9.23. The lowest BCUT2D eigenvalue weighted by molar-refractivity contribution is 1.51. The Hall–Kier alpha value is -1.42. The van der Waals surface area contributed by atoms with Gasteiger partial charge < -0.3 is 3.53 Å². The molecule has 0 aromatic heterocycles. The first-order chi connectivity index (χ1) is 8.42. The van der Waals surface area contributed by atoms with Crippen LogP contribution in [0.25, 0.3) is 16.8 Å². The maximum atomic E-state index is 3.28. The van der Waals surface area contributed by atoms with Gasteiger partial charge in [0.25, 0.3) is 0 Å². The molecule has 1 N–H and O–H groups in total. The fourth-order valence-corrected chi connectivity index (χ4v) is 3.25. The minimum atomic E-state index is 0.0114. The van der Waals surface area contributed by atoms with Gasteiger partial charge in [-0.05, 0) is 34.6 Å². The van der Waals surface area contributed by atoms with Crippen LogP contribution >= 0.6 is 21.0 Å². The molecule has 1 aliphatic heterocycles. The van der Waals surface area contributed by atoms with Crippen LogP contribution in [-0.4, -0.2) is 3.51 Å². The fraction of sp³-hybridized carbons (Fsp3) is 0. The number of halogens is 1. The molecule has 2 heteroatoms. The Labute approximate surface area is 111 Å². The molecule has 0 unspecified atom stereocenters. The van der Waals surface area contributed by atoms with E-state index < -0.39 is 0 Å². The van der Waals surface area contributed by atoms with Crippen molar-refractivity contribution in [2.45, 2.75) is 0 Å². The Kier molecular flexibility index (Phi) is 3.05. The Morgan fingerprint density at radius 1 is 0.941 bits per heavy atom. The molecule has 0 saturated heterocycles. The molecule has 0 bridgehead atoms. The average molecular weight is 333 g/mol. The van der Waals surface area contributed by atoms with E-state index in [1.807, 2.05) is 6.20 Å². The van der Waals surface area contributed by atoms with Crippen molar-refractivity contribution in [2.24, 2.45) is 0 Å². The molecule has 84 valence electrons. The van der Waals surface area contributed by atoms with Crippen molar-refractivity contribution in [1.82, 2.24) is 3.53 Å². The van der Waals surface area contributed by atoms with E-state index in [-0.39, 0.29) is 21.0 Å². The summed E-state index contributed by atoms with van der Waals surface area (Å²) < 4.78 is 4.71. The lowest BCUT2D eigenvalue weighted by Gasteiger charge is -1.98. The largest absolute Gasteiger partial charge is 0.340 e. The smallest absolute Gasteiger partial charge is 0.0251 e. The first-order valence-electron chi connectivity index (χ1n) is 5.51. The Balaban J connectivity index is 1.93. The van der Waals surface area contributed by atoms with Crippen LogP contribution in [0.4, 0.5) is 0 Å². The fourth-order valence-electron chi connectivity index (χ4n) is 1.81. The van der Waals surface area contributed by atoms with E-state index in [1.54, 1.807) is 0 Å². The normalized spacial score (nSPS) is 14.7. The third-order valence-electron chi connectivity index (χ3n) is 2.68. The molecule has 0 aliphatic carbocycles. The van der Waals surface area contributed by atoms with Gasteiger partial charge >= 0.3 is 0 Å². The monoisotopic (exact) mass is 333 g/mol. The minimum absolute atomic E-state index is 0.0114. The molecular formula is C15H12IN. The first-order valence-corrected chi connectivity index (χ1v) is 7.67. The van der Waals surface area contributed by atoms with E-state index in [0.29, 0.717) is 0 Å². The van der Waals surface area contributed by atoms with Gasteiger partial charge in [0.2, 0.25) is 0 Å². The van der Waals surface area contributed by atoms with Crippen LogP contribution in [0.5, 0.6) is 0 Å². The highest BCUT2D eigenvalue weighted by atomic mass is 127. The molecule has 0 saturated carbocycles. The zero-order valence-corrected chi connectivity index (χ0v) is 11.4. The summed E-state index contributed by atoms with van der Waals surface area (Å²) in [7, 11) is 0. The van der Waals surface area contributed by atoms with Crippen LogP contribution in [0.1, 0.15) is 5.56 Å². The number of allylic oxidation sites excluding steroid dienone is 2. The quantitative estimate of drug-likeness (QED) is 0.646. The van der Waals surface area contributed by atoms with Gasteiger partial charge in [0.05, 0.1) is 0 Å². The van der Waals surface area contributed by atoms with E-state index >= 15 is 0 Å². The summed E-state index contributed by atoms with van der Waals surface area (Å²) in [6, 6.07) is 15.0. The van der Waals surface area contributed by atoms with Crippen molar-refractivity contribution >= 4 is 41.4 Å². The predicted molar refractivity (Wildman–Crippen MR) is 84.3 cm³/mol. The van der Waals surface area contributed by atoms with Gasteiger partial charge in [-0.25, -0.2) is 0 Å². The predicted octanol–water partition coefficient (Wildman–Crippen LogP) is 4.03. The number of rotatable bonds is 2. The second kappa shape index (κ2) is 4.84. The topological polar surface area (TPSA) is 12.0 Å². The third-order valence-corrected chi connectivity index (χ3v) is 4.69. The van der Waals surface area contributed by atoms with Gasteiger partial charge in [0.15, 0.2) is 0 Å². The molecule has 0 spiro atoms. The van der Waals surface area contributed by atoms with Crippen LogP contribution in [0.2, 0.25) is 0 Å². The molecule has 2 aromatic rings. The summed E-state index contributed by atoms with van der Waals surface area (Å²) in [6.45, 7) is 0. The number of hydrogen-bond acceptors (Lipinski definition) is 1. The second-order valence-corrected chi connectivity index (χ2v) is 6.27. The molecule has 3 rings (SSSR count). The lowest BCUT2D eigenvalue weighted by atomic mass is 10.1. The van der Waals surface area contributed by atoms with E-state index in [2.05, 4.69) is 64.2 Å². The highest BCUT2D eigenvalue weighted by molar-refractivity contribution is 14.2. The standard InChI is InChI=1S/C15H12IN/c1-2-4-14-11-12(5-7-13(14)3-1)6-8-15-9-10-17-16-15/h1-11,17H/b8-6+.